The van der Waals surface area contributed by atoms with Crippen molar-refractivity contribution in [2.24, 2.45) is 0 Å². The van der Waals surface area contributed by atoms with Crippen LogP contribution in [0.25, 0.3) is 0 Å². The fraction of sp³-hybridized carbons (Fsp3) is 0.562. The summed E-state index contributed by atoms with van der Waals surface area (Å²) in [6.07, 6.45) is 5.08. The van der Waals surface area contributed by atoms with Crippen LogP contribution in [0.2, 0.25) is 0 Å². The van der Waals surface area contributed by atoms with Gasteiger partial charge in [0.05, 0.1) is 0 Å². The molecular weight excluding hydrogens is 316 g/mol. The molecule has 1 aromatic carbocycles. The molecule has 0 aromatic heterocycles. The fourth-order valence-electron chi connectivity index (χ4n) is 3.23. The Morgan fingerprint density at radius 2 is 1.95 bits per heavy atom. The smallest absolute Gasteiger partial charge is 0.222 e. The lowest BCUT2D eigenvalue weighted by molar-refractivity contribution is -0.131. The van der Waals surface area contributed by atoms with E-state index >= 15 is 0 Å². The average Bonchev–Trinajstić information content (AvgIpc) is 2.77. The minimum Gasteiger partial charge on any atom is -0.341 e. The lowest BCUT2D eigenvalue weighted by Gasteiger charge is -2.24. The van der Waals surface area contributed by atoms with Crippen LogP contribution in [0.4, 0.5) is 0 Å². The van der Waals surface area contributed by atoms with Crippen LogP contribution in [0.15, 0.2) is 28.7 Å². The molecule has 4 heteroatoms. The van der Waals surface area contributed by atoms with Crippen LogP contribution in [0.1, 0.15) is 31.2 Å². The van der Waals surface area contributed by atoms with Gasteiger partial charge in [0.25, 0.3) is 0 Å². The zero-order chi connectivity index (χ0) is 13.9. The van der Waals surface area contributed by atoms with Gasteiger partial charge in [-0.15, -0.1) is 0 Å². The van der Waals surface area contributed by atoms with Gasteiger partial charge in [0.2, 0.25) is 5.91 Å². The molecule has 20 heavy (non-hydrogen) atoms. The number of hydrogen-bond donors (Lipinski definition) is 1. The average molecular weight is 337 g/mol. The van der Waals surface area contributed by atoms with Crippen molar-refractivity contribution in [1.29, 1.82) is 0 Å². The SMILES string of the molecule is O=C(CCc1ccc(Br)cc1)N1CCC2CCC(C1)N2. The first-order chi connectivity index (χ1) is 9.70. The second-order valence-electron chi connectivity index (χ2n) is 5.89. The van der Waals surface area contributed by atoms with Crippen molar-refractivity contribution < 1.29 is 4.79 Å². The van der Waals surface area contributed by atoms with E-state index in [-0.39, 0.29) is 0 Å². The van der Waals surface area contributed by atoms with Gasteiger partial charge < -0.3 is 10.2 Å². The van der Waals surface area contributed by atoms with Crippen molar-refractivity contribution in [2.45, 2.75) is 44.2 Å². The van der Waals surface area contributed by atoms with Gasteiger partial charge in [0, 0.05) is 36.1 Å². The number of aryl methyl sites for hydroxylation is 1. The topological polar surface area (TPSA) is 32.3 Å². The maximum Gasteiger partial charge on any atom is 0.222 e. The van der Waals surface area contributed by atoms with E-state index in [9.17, 15) is 4.79 Å². The summed E-state index contributed by atoms with van der Waals surface area (Å²) in [5, 5.41) is 3.62. The van der Waals surface area contributed by atoms with Crippen LogP contribution in [0.5, 0.6) is 0 Å². The lowest BCUT2D eigenvalue weighted by Crippen LogP contribution is -2.39. The third kappa shape index (κ3) is 3.41. The summed E-state index contributed by atoms with van der Waals surface area (Å²) in [4.78, 5) is 14.4. The summed E-state index contributed by atoms with van der Waals surface area (Å²) in [7, 11) is 0. The number of likely N-dealkylation sites (tertiary alicyclic amines) is 1. The zero-order valence-corrected chi connectivity index (χ0v) is 13.2. The molecule has 0 aliphatic carbocycles. The molecule has 108 valence electrons. The zero-order valence-electron chi connectivity index (χ0n) is 11.6. The van der Waals surface area contributed by atoms with Crippen LogP contribution < -0.4 is 5.32 Å². The number of hydrogen-bond acceptors (Lipinski definition) is 2. The number of nitrogens with zero attached hydrogens (tertiary/aromatic N) is 1. The summed E-state index contributed by atoms with van der Waals surface area (Å²) in [6.45, 7) is 1.82. The van der Waals surface area contributed by atoms with Gasteiger partial charge in [0.15, 0.2) is 0 Å². The third-order valence-electron chi connectivity index (χ3n) is 4.42. The summed E-state index contributed by atoms with van der Waals surface area (Å²) < 4.78 is 1.09. The molecule has 2 atom stereocenters. The van der Waals surface area contributed by atoms with Crippen LogP contribution in [0.3, 0.4) is 0 Å². The summed E-state index contributed by atoms with van der Waals surface area (Å²) >= 11 is 3.43. The van der Waals surface area contributed by atoms with Crippen LogP contribution in [-0.2, 0) is 11.2 Å². The third-order valence-corrected chi connectivity index (χ3v) is 4.95. The first-order valence-electron chi connectivity index (χ1n) is 7.49. The first kappa shape index (κ1) is 14.1. The molecule has 3 nitrogen and oxygen atoms in total. The van der Waals surface area contributed by atoms with E-state index < -0.39 is 0 Å². The second-order valence-corrected chi connectivity index (χ2v) is 6.81. The van der Waals surface area contributed by atoms with Crippen molar-refractivity contribution in [1.82, 2.24) is 10.2 Å². The summed E-state index contributed by atoms with van der Waals surface area (Å²) in [5.74, 6) is 0.308. The molecule has 2 saturated heterocycles. The van der Waals surface area contributed by atoms with E-state index in [1.54, 1.807) is 0 Å². The van der Waals surface area contributed by atoms with Crippen molar-refractivity contribution in [3.05, 3.63) is 34.3 Å². The highest BCUT2D eigenvalue weighted by atomic mass is 79.9. The van der Waals surface area contributed by atoms with Gasteiger partial charge in [-0.1, -0.05) is 28.1 Å². The normalized spacial score (nSPS) is 25.6. The molecule has 2 unspecified atom stereocenters. The Bertz CT molecular complexity index is 474. The van der Waals surface area contributed by atoms with Crippen molar-refractivity contribution in [3.63, 3.8) is 0 Å². The number of carbonyl (C=O) groups is 1. The predicted octanol–water partition coefficient (Wildman–Crippen LogP) is 2.73. The highest BCUT2D eigenvalue weighted by Gasteiger charge is 2.30. The minimum absolute atomic E-state index is 0.308. The van der Waals surface area contributed by atoms with Gasteiger partial charge in [-0.3, -0.25) is 4.79 Å². The van der Waals surface area contributed by atoms with E-state index in [2.05, 4.69) is 38.3 Å². The van der Waals surface area contributed by atoms with Gasteiger partial charge in [0.1, 0.15) is 0 Å². The molecule has 2 aliphatic heterocycles. The quantitative estimate of drug-likeness (QED) is 0.920. The Balaban J connectivity index is 1.52. The number of benzene rings is 1. The molecule has 1 amide bonds. The van der Waals surface area contributed by atoms with Crippen molar-refractivity contribution in [2.75, 3.05) is 13.1 Å². The Hall–Kier alpha value is -0.870. The minimum atomic E-state index is 0.308. The summed E-state index contributed by atoms with van der Waals surface area (Å²) in [5.41, 5.74) is 1.23. The number of halogens is 1. The Labute approximate surface area is 128 Å². The Morgan fingerprint density at radius 3 is 2.75 bits per heavy atom. The highest BCUT2D eigenvalue weighted by molar-refractivity contribution is 9.10. The highest BCUT2D eigenvalue weighted by Crippen LogP contribution is 2.21. The van der Waals surface area contributed by atoms with Crippen molar-refractivity contribution >= 4 is 21.8 Å². The lowest BCUT2D eigenvalue weighted by atomic mass is 10.1. The number of carbonyl (C=O) groups excluding carboxylic acids is 1. The van der Waals surface area contributed by atoms with Crippen LogP contribution in [0, 0.1) is 0 Å². The standard InChI is InChI=1S/C16H21BrN2O/c17-13-4-1-12(2-5-13)3-8-16(20)19-10-9-14-6-7-15(11-19)18-14/h1-2,4-5,14-15,18H,3,6-11H2. The monoisotopic (exact) mass is 336 g/mol. The number of fused-ring (bicyclic) bond motifs is 2. The first-order valence-corrected chi connectivity index (χ1v) is 8.28. The van der Waals surface area contributed by atoms with Crippen LogP contribution in [-0.4, -0.2) is 36.0 Å². The molecule has 2 bridgehead atoms. The molecule has 3 rings (SSSR count). The summed E-state index contributed by atoms with van der Waals surface area (Å²) in [6, 6.07) is 9.42. The van der Waals surface area contributed by atoms with E-state index in [1.165, 1.54) is 18.4 Å². The molecule has 1 N–H and O–H groups in total. The molecule has 2 heterocycles. The maximum absolute atomic E-state index is 12.4. The number of amides is 1. The molecule has 0 saturated carbocycles. The maximum atomic E-state index is 12.4. The largest absolute Gasteiger partial charge is 0.341 e. The van der Waals surface area contributed by atoms with Crippen LogP contribution >= 0.6 is 15.9 Å². The molecule has 0 spiro atoms. The fourth-order valence-corrected chi connectivity index (χ4v) is 3.49. The molecule has 0 radical (unpaired) electrons. The van der Waals surface area contributed by atoms with E-state index in [0.717, 1.165) is 30.4 Å². The van der Waals surface area contributed by atoms with Gasteiger partial charge >= 0.3 is 0 Å². The van der Waals surface area contributed by atoms with E-state index in [4.69, 9.17) is 0 Å². The predicted molar refractivity (Wildman–Crippen MR) is 83.6 cm³/mol. The number of nitrogens with one attached hydrogen (secondary N) is 1. The molecular formula is C16H21BrN2O. The van der Waals surface area contributed by atoms with Gasteiger partial charge in [-0.05, 0) is 43.4 Å². The van der Waals surface area contributed by atoms with Gasteiger partial charge in [-0.2, -0.15) is 0 Å². The Kier molecular flexibility index (Phi) is 4.41. The molecule has 2 aliphatic rings. The molecule has 2 fully saturated rings. The van der Waals surface area contributed by atoms with E-state index in [0.29, 0.717) is 24.4 Å². The van der Waals surface area contributed by atoms with Gasteiger partial charge in [-0.25, -0.2) is 0 Å². The number of rotatable bonds is 3. The Morgan fingerprint density at radius 1 is 1.20 bits per heavy atom. The van der Waals surface area contributed by atoms with E-state index in [1.807, 2.05) is 12.1 Å². The van der Waals surface area contributed by atoms with Crippen molar-refractivity contribution in [3.8, 4) is 0 Å². The second kappa shape index (κ2) is 6.27. The molecule has 1 aromatic rings.